The first-order chi connectivity index (χ1) is 14.7. The van der Waals surface area contributed by atoms with Gasteiger partial charge < -0.3 is 14.4 Å². The minimum absolute atomic E-state index is 0.128. The number of ether oxygens (including phenoxy) is 1. The van der Waals surface area contributed by atoms with Gasteiger partial charge in [0.2, 0.25) is 0 Å². The second-order valence-electron chi connectivity index (χ2n) is 8.21. The average Bonchev–Trinajstić information content (AvgIpc) is 3.24. The molecule has 0 unspecified atom stereocenters. The van der Waals surface area contributed by atoms with E-state index in [0.29, 0.717) is 17.0 Å². The molecule has 11 heteroatoms. The largest absolute Gasteiger partial charge is 0.481 e. The summed E-state index contributed by atoms with van der Waals surface area (Å²) in [6.45, 7) is 6.47. The summed E-state index contributed by atoms with van der Waals surface area (Å²) in [7, 11) is -4.50. The molecule has 0 bridgehead atoms. The lowest BCUT2D eigenvalue weighted by atomic mass is 10.0. The van der Waals surface area contributed by atoms with Gasteiger partial charge in [0.15, 0.2) is 9.84 Å². The van der Waals surface area contributed by atoms with Gasteiger partial charge in [0.25, 0.3) is 0 Å². The summed E-state index contributed by atoms with van der Waals surface area (Å²) in [5, 5.41) is 11.9. The van der Waals surface area contributed by atoms with Crippen LogP contribution in [0.3, 0.4) is 0 Å². The van der Waals surface area contributed by atoms with E-state index in [1.165, 1.54) is 6.07 Å². The van der Waals surface area contributed by atoms with Gasteiger partial charge in [-0.2, -0.15) is 13.2 Å². The summed E-state index contributed by atoms with van der Waals surface area (Å²) in [4.78, 5) is 10.7. The fourth-order valence-electron chi connectivity index (χ4n) is 4.20. The molecule has 0 aliphatic heterocycles. The van der Waals surface area contributed by atoms with Crippen molar-refractivity contribution in [1.82, 2.24) is 5.16 Å². The highest BCUT2D eigenvalue weighted by Crippen LogP contribution is 2.42. The molecule has 0 amide bonds. The van der Waals surface area contributed by atoms with Crippen molar-refractivity contribution in [2.45, 2.75) is 69.1 Å². The Bertz CT molecular complexity index is 1100. The van der Waals surface area contributed by atoms with Gasteiger partial charge in [-0.3, -0.25) is 4.79 Å². The highest BCUT2D eigenvalue weighted by atomic mass is 32.2. The molecule has 3 atom stereocenters. The third-order valence-corrected chi connectivity index (χ3v) is 7.81. The van der Waals surface area contributed by atoms with Gasteiger partial charge in [0, 0.05) is 5.56 Å². The molecule has 7 nitrogen and oxygen atoms in total. The van der Waals surface area contributed by atoms with E-state index in [1.807, 2.05) is 0 Å². The number of carbonyl (C=O) groups is 1. The molecule has 2 aromatic rings. The molecule has 1 saturated carbocycles. The van der Waals surface area contributed by atoms with Crippen molar-refractivity contribution in [3.05, 3.63) is 35.2 Å². The SMILES string of the molecule is Cc1noc(C)c1-c1ccc(S(=O)(=O)[C@@H]2C[C@H](OC(C)C)[C@@H](C(=O)O)C2)c(C(F)(F)F)c1. The van der Waals surface area contributed by atoms with Gasteiger partial charge in [-0.25, -0.2) is 8.42 Å². The van der Waals surface area contributed by atoms with Gasteiger partial charge in [-0.1, -0.05) is 11.2 Å². The maximum atomic E-state index is 13.9. The van der Waals surface area contributed by atoms with Crippen molar-refractivity contribution in [2.75, 3.05) is 0 Å². The summed E-state index contributed by atoms with van der Waals surface area (Å²) in [5.41, 5.74) is -0.449. The molecule has 3 rings (SSSR count). The predicted octanol–water partition coefficient (Wildman–Crippen LogP) is 4.41. The third kappa shape index (κ3) is 4.54. The van der Waals surface area contributed by atoms with Crippen LogP contribution in [0.5, 0.6) is 0 Å². The number of carboxylic acid groups (broad SMARTS) is 1. The fourth-order valence-corrected chi connectivity index (χ4v) is 6.20. The number of carboxylic acids is 1. The number of alkyl halides is 3. The Morgan fingerprint density at radius 3 is 2.41 bits per heavy atom. The Hall–Kier alpha value is -2.40. The molecule has 1 aliphatic carbocycles. The van der Waals surface area contributed by atoms with Crippen LogP contribution in [0.4, 0.5) is 13.2 Å². The van der Waals surface area contributed by atoms with E-state index in [2.05, 4.69) is 5.16 Å². The molecule has 0 spiro atoms. The van der Waals surface area contributed by atoms with Crippen LogP contribution in [0.2, 0.25) is 0 Å². The van der Waals surface area contributed by atoms with E-state index >= 15 is 0 Å². The van der Waals surface area contributed by atoms with Crippen LogP contribution in [-0.4, -0.2) is 42.1 Å². The zero-order valence-electron chi connectivity index (χ0n) is 17.9. The Morgan fingerprint density at radius 1 is 1.25 bits per heavy atom. The molecule has 1 heterocycles. The van der Waals surface area contributed by atoms with Gasteiger partial charge in [0.1, 0.15) is 5.76 Å². The summed E-state index contributed by atoms with van der Waals surface area (Å²) in [5.74, 6) is -2.05. The van der Waals surface area contributed by atoms with Gasteiger partial charge in [0.05, 0.1) is 39.5 Å². The molecule has 1 aromatic carbocycles. The summed E-state index contributed by atoms with van der Waals surface area (Å²) < 4.78 is 78.8. The van der Waals surface area contributed by atoms with Crippen molar-refractivity contribution < 1.29 is 40.8 Å². The highest BCUT2D eigenvalue weighted by molar-refractivity contribution is 7.92. The molecular formula is C21H24F3NO6S. The van der Waals surface area contributed by atoms with Crippen molar-refractivity contribution in [2.24, 2.45) is 5.92 Å². The maximum absolute atomic E-state index is 13.9. The lowest BCUT2D eigenvalue weighted by Crippen LogP contribution is -2.27. The fraction of sp³-hybridized carbons (Fsp3) is 0.524. The minimum atomic E-state index is -4.95. The van der Waals surface area contributed by atoms with E-state index < -0.39 is 49.7 Å². The number of aliphatic carboxylic acids is 1. The topological polar surface area (TPSA) is 107 Å². The Balaban J connectivity index is 2.07. The number of hydrogen-bond donors (Lipinski definition) is 1. The van der Waals surface area contributed by atoms with Gasteiger partial charge in [-0.15, -0.1) is 0 Å². The summed E-state index contributed by atoms with van der Waals surface area (Å²) in [6.07, 6.45) is -6.72. The van der Waals surface area contributed by atoms with E-state index in [1.54, 1.807) is 27.7 Å². The lowest BCUT2D eigenvalue weighted by Gasteiger charge is -2.19. The molecule has 176 valence electrons. The zero-order chi connectivity index (χ0) is 24.0. The molecular weight excluding hydrogens is 451 g/mol. The Kier molecular flexibility index (Phi) is 6.45. The number of aromatic nitrogens is 1. The van der Waals surface area contributed by atoms with Crippen LogP contribution >= 0.6 is 0 Å². The summed E-state index contributed by atoms with van der Waals surface area (Å²) in [6, 6.07) is 2.97. The van der Waals surface area contributed by atoms with Crippen LogP contribution < -0.4 is 0 Å². The van der Waals surface area contributed by atoms with Crippen LogP contribution in [0, 0.1) is 19.8 Å². The molecule has 1 aliphatic rings. The van der Waals surface area contributed by atoms with E-state index in [0.717, 1.165) is 12.1 Å². The number of nitrogens with zero attached hydrogens (tertiary/aromatic N) is 1. The Labute approximate surface area is 183 Å². The first-order valence-corrected chi connectivity index (χ1v) is 11.5. The molecule has 32 heavy (non-hydrogen) atoms. The standard InChI is InChI=1S/C21H24F3NO6S/c1-10(2)30-17-9-14(8-15(17)20(26)27)32(28,29)18-6-5-13(7-16(18)21(22,23)24)19-11(3)25-31-12(19)4/h5-7,10,14-15,17H,8-9H2,1-4H3,(H,26,27)/t14-,15-,17-/m0/s1. The van der Waals surface area contributed by atoms with Crippen LogP contribution in [0.1, 0.15) is 43.7 Å². The second-order valence-corrected chi connectivity index (χ2v) is 10.4. The molecule has 0 radical (unpaired) electrons. The molecule has 1 aromatic heterocycles. The molecule has 1 N–H and O–H groups in total. The van der Waals surface area contributed by atoms with Crippen molar-refractivity contribution in [3.8, 4) is 11.1 Å². The number of benzene rings is 1. The third-order valence-electron chi connectivity index (χ3n) is 5.58. The summed E-state index contributed by atoms with van der Waals surface area (Å²) >= 11 is 0. The van der Waals surface area contributed by atoms with Crippen LogP contribution in [-0.2, 0) is 25.5 Å². The number of halogens is 3. The molecule has 0 saturated heterocycles. The van der Waals surface area contributed by atoms with Crippen molar-refractivity contribution in [3.63, 3.8) is 0 Å². The number of hydrogen-bond acceptors (Lipinski definition) is 6. The average molecular weight is 475 g/mol. The highest BCUT2D eigenvalue weighted by Gasteiger charge is 2.48. The monoisotopic (exact) mass is 475 g/mol. The Morgan fingerprint density at radius 2 is 1.91 bits per heavy atom. The van der Waals surface area contributed by atoms with Crippen LogP contribution in [0.15, 0.2) is 27.6 Å². The normalized spacial score (nSPS) is 21.9. The zero-order valence-corrected chi connectivity index (χ0v) is 18.7. The van der Waals surface area contributed by atoms with Gasteiger partial charge >= 0.3 is 12.1 Å². The number of rotatable bonds is 6. The quantitative estimate of drug-likeness (QED) is 0.660. The maximum Gasteiger partial charge on any atom is 0.417 e. The first-order valence-electron chi connectivity index (χ1n) is 10.00. The minimum Gasteiger partial charge on any atom is -0.481 e. The van der Waals surface area contributed by atoms with E-state index in [-0.39, 0.29) is 24.5 Å². The second kappa shape index (κ2) is 8.51. The predicted molar refractivity (Wildman–Crippen MR) is 108 cm³/mol. The van der Waals surface area contributed by atoms with Gasteiger partial charge in [-0.05, 0) is 58.2 Å². The van der Waals surface area contributed by atoms with E-state index in [4.69, 9.17) is 9.26 Å². The molecule has 1 fully saturated rings. The smallest absolute Gasteiger partial charge is 0.417 e. The van der Waals surface area contributed by atoms with Crippen LogP contribution in [0.25, 0.3) is 11.1 Å². The first kappa shape index (κ1) is 24.2. The van der Waals surface area contributed by atoms with Crippen molar-refractivity contribution >= 4 is 15.8 Å². The van der Waals surface area contributed by atoms with Crippen molar-refractivity contribution in [1.29, 1.82) is 0 Å². The van der Waals surface area contributed by atoms with E-state index in [9.17, 15) is 31.5 Å². The number of sulfone groups is 1. The number of aryl methyl sites for hydroxylation is 2. The lowest BCUT2D eigenvalue weighted by molar-refractivity contribution is -0.147.